The second-order valence-corrected chi connectivity index (χ2v) is 8.55. The zero-order valence-corrected chi connectivity index (χ0v) is 18.7. The maximum atomic E-state index is 11.0. The van der Waals surface area contributed by atoms with Crippen molar-refractivity contribution in [3.63, 3.8) is 0 Å². The summed E-state index contributed by atoms with van der Waals surface area (Å²) in [7, 11) is 1.19. The van der Waals surface area contributed by atoms with Gasteiger partial charge in [0.15, 0.2) is 18.9 Å². The minimum atomic E-state index is -1.82. The molecule has 0 aromatic heterocycles. The molecule has 3 saturated heterocycles. The van der Waals surface area contributed by atoms with Crippen LogP contribution in [0.1, 0.15) is 0 Å². The van der Waals surface area contributed by atoms with E-state index in [4.69, 9.17) is 28.4 Å². The van der Waals surface area contributed by atoms with Crippen molar-refractivity contribution >= 4 is 0 Å². The number of ether oxygens (including phenoxy) is 6. The third kappa shape index (κ3) is 5.78. The molecule has 16 heteroatoms. The van der Waals surface area contributed by atoms with Crippen molar-refractivity contribution in [3.8, 4) is 0 Å². The van der Waals surface area contributed by atoms with Crippen LogP contribution >= 0.6 is 0 Å². The van der Waals surface area contributed by atoms with Crippen molar-refractivity contribution in [1.29, 1.82) is 0 Å². The van der Waals surface area contributed by atoms with Gasteiger partial charge in [-0.05, 0) is 0 Å². The van der Waals surface area contributed by atoms with E-state index in [1.165, 1.54) is 7.11 Å². The highest BCUT2D eigenvalue weighted by molar-refractivity contribution is 4.96. The minimum Gasteiger partial charge on any atom is -0.394 e. The van der Waals surface area contributed by atoms with Crippen molar-refractivity contribution < 1.29 is 79.5 Å². The molecule has 3 aliphatic rings. The van der Waals surface area contributed by atoms with Gasteiger partial charge in [0, 0.05) is 7.11 Å². The van der Waals surface area contributed by atoms with Crippen LogP contribution in [0.3, 0.4) is 0 Å². The molecule has 0 saturated carbocycles. The number of rotatable bonds is 8. The third-order valence-corrected chi connectivity index (χ3v) is 6.31. The van der Waals surface area contributed by atoms with E-state index in [9.17, 15) is 51.1 Å². The molecule has 35 heavy (non-hydrogen) atoms. The molecule has 0 aliphatic carbocycles. The fourth-order valence-electron chi connectivity index (χ4n) is 4.21. The molecule has 0 amide bonds. The Morgan fingerprint density at radius 1 is 0.486 bits per heavy atom. The van der Waals surface area contributed by atoms with E-state index >= 15 is 0 Å². The second kappa shape index (κ2) is 12.3. The molecule has 15 unspecified atom stereocenters. The summed E-state index contributed by atoms with van der Waals surface area (Å²) in [6.45, 7) is -2.17. The van der Waals surface area contributed by atoms with Gasteiger partial charge in [-0.15, -0.1) is 0 Å². The Balaban J connectivity index is 1.79. The zero-order chi connectivity index (χ0) is 26.0. The second-order valence-electron chi connectivity index (χ2n) is 8.55. The first-order valence-corrected chi connectivity index (χ1v) is 11.0. The number of methoxy groups -OCH3 is 1. The van der Waals surface area contributed by atoms with E-state index in [0.717, 1.165) is 0 Å². The molecule has 0 aromatic carbocycles. The summed E-state index contributed by atoms with van der Waals surface area (Å²) in [6.07, 6.45) is -23.8. The highest BCUT2D eigenvalue weighted by Crippen LogP contribution is 2.33. The number of aliphatic hydroxyl groups is 10. The molecule has 10 N–H and O–H groups in total. The zero-order valence-electron chi connectivity index (χ0n) is 18.7. The fraction of sp³-hybridized carbons (Fsp3) is 1.00. The molecule has 15 atom stereocenters. The van der Waals surface area contributed by atoms with E-state index < -0.39 is 112 Å². The Morgan fingerprint density at radius 3 is 1.29 bits per heavy atom. The van der Waals surface area contributed by atoms with E-state index in [1.54, 1.807) is 0 Å². The summed E-state index contributed by atoms with van der Waals surface area (Å²) in [5.74, 6) is 0. The van der Waals surface area contributed by atoms with Crippen LogP contribution < -0.4 is 0 Å². The number of hydrogen-bond acceptors (Lipinski definition) is 16. The van der Waals surface area contributed by atoms with E-state index in [2.05, 4.69) is 0 Å². The van der Waals surface area contributed by atoms with Crippen LogP contribution in [0, 0.1) is 0 Å². The fourth-order valence-corrected chi connectivity index (χ4v) is 4.21. The van der Waals surface area contributed by atoms with Crippen molar-refractivity contribution in [2.75, 3.05) is 26.9 Å². The average molecular weight is 518 g/mol. The van der Waals surface area contributed by atoms with Crippen molar-refractivity contribution in [3.05, 3.63) is 0 Å². The molecule has 3 aliphatic heterocycles. The van der Waals surface area contributed by atoms with Crippen LogP contribution in [0.2, 0.25) is 0 Å². The molecule has 0 bridgehead atoms. The first kappa shape index (κ1) is 28.9. The first-order chi connectivity index (χ1) is 16.6. The normalized spacial score (nSPS) is 51.3. The first-order valence-electron chi connectivity index (χ1n) is 11.0. The third-order valence-electron chi connectivity index (χ3n) is 6.31. The van der Waals surface area contributed by atoms with Crippen LogP contribution in [0.4, 0.5) is 0 Å². The van der Waals surface area contributed by atoms with Crippen LogP contribution in [0.5, 0.6) is 0 Å². The van der Waals surface area contributed by atoms with Crippen molar-refractivity contribution in [1.82, 2.24) is 0 Å². The molecule has 0 aromatic rings. The van der Waals surface area contributed by atoms with Gasteiger partial charge in [-0.25, -0.2) is 0 Å². The lowest BCUT2D eigenvalue weighted by molar-refractivity contribution is -0.385. The predicted octanol–water partition coefficient (Wildman–Crippen LogP) is -6.92. The molecule has 16 nitrogen and oxygen atoms in total. The minimum absolute atomic E-state index is 0.716. The lowest BCUT2D eigenvalue weighted by Crippen LogP contribution is -2.66. The SMILES string of the molecule is COC1OC(CO)C(OC2OC(CO)C(O)C(O)C2O)C(O)C1OC1OC(CO)C(O)C(O)C1O. The van der Waals surface area contributed by atoms with Gasteiger partial charge in [-0.3, -0.25) is 0 Å². The van der Waals surface area contributed by atoms with Crippen molar-refractivity contribution in [2.24, 2.45) is 0 Å². The summed E-state index contributed by atoms with van der Waals surface area (Å²) in [5, 5.41) is 99.9. The Hall–Kier alpha value is -0.640. The highest BCUT2D eigenvalue weighted by atomic mass is 16.8. The van der Waals surface area contributed by atoms with Crippen molar-refractivity contribution in [2.45, 2.75) is 92.1 Å². The summed E-state index contributed by atoms with van der Waals surface area (Å²) in [6, 6.07) is 0. The van der Waals surface area contributed by atoms with E-state index in [-0.39, 0.29) is 0 Å². The predicted molar refractivity (Wildman–Crippen MR) is 106 cm³/mol. The quantitative estimate of drug-likeness (QED) is 0.143. The maximum absolute atomic E-state index is 11.0. The summed E-state index contributed by atoms with van der Waals surface area (Å²) >= 11 is 0. The van der Waals surface area contributed by atoms with Crippen LogP contribution in [-0.2, 0) is 28.4 Å². The largest absolute Gasteiger partial charge is 0.394 e. The molecule has 3 rings (SSSR count). The molecule has 206 valence electrons. The molecule has 0 radical (unpaired) electrons. The van der Waals surface area contributed by atoms with E-state index in [1.807, 2.05) is 0 Å². The van der Waals surface area contributed by atoms with Gasteiger partial charge < -0.3 is 79.5 Å². The molecule has 3 fully saturated rings. The number of aliphatic hydroxyl groups excluding tert-OH is 10. The van der Waals surface area contributed by atoms with Crippen LogP contribution in [0.15, 0.2) is 0 Å². The van der Waals surface area contributed by atoms with Crippen LogP contribution in [0.25, 0.3) is 0 Å². The molecule has 3 heterocycles. The average Bonchev–Trinajstić information content (AvgIpc) is 2.86. The Bertz CT molecular complexity index is 600. The van der Waals surface area contributed by atoms with Gasteiger partial charge in [0.1, 0.15) is 73.2 Å². The Labute approximate surface area is 199 Å². The number of hydrogen-bond donors (Lipinski definition) is 10. The summed E-state index contributed by atoms with van der Waals surface area (Å²) in [5.41, 5.74) is 0. The van der Waals surface area contributed by atoms with Gasteiger partial charge >= 0.3 is 0 Å². The maximum Gasteiger partial charge on any atom is 0.187 e. The Morgan fingerprint density at radius 2 is 0.886 bits per heavy atom. The lowest BCUT2D eigenvalue weighted by atomic mass is 9.96. The van der Waals surface area contributed by atoms with Gasteiger partial charge in [-0.1, -0.05) is 0 Å². The molecule has 0 spiro atoms. The van der Waals surface area contributed by atoms with Gasteiger partial charge in [0.05, 0.1) is 19.8 Å². The van der Waals surface area contributed by atoms with Gasteiger partial charge in [0.2, 0.25) is 0 Å². The molecular weight excluding hydrogens is 484 g/mol. The summed E-state index contributed by atoms with van der Waals surface area (Å²) < 4.78 is 32.4. The molecular formula is C19H34O16. The highest BCUT2D eigenvalue weighted by Gasteiger charge is 2.53. The smallest absolute Gasteiger partial charge is 0.187 e. The van der Waals surface area contributed by atoms with Gasteiger partial charge in [-0.2, -0.15) is 0 Å². The van der Waals surface area contributed by atoms with Gasteiger partial charge in [0.25, 0.3) is 0 Å². The topological polar surface area (TPSA) is 258 Å². The standard InChI is InChI=1S/C19H34O16/c1-30-19-16(35-18-13(28)11(26)9(24)6(3-21)32-18)14(29)15(7(4-22)33-19)34-17-12(27)10(25)8(23)5(2-20)31-17/h5-29H,2-4H2,1H3. The monoisotopic (exact) mass is 518 g/mol. The van der Waals surface area contributed by atoms with E-state index in [0.29, 0.717) is 0 Å². The lowest BCUT2D eigenvalue weighted by Gasteiger charge is -2.48. The van der Waals surface area contributed by atoms with Crippen LogP contribution in [-0.4, -0.2) is 170 Å². The Kier molecular flexibility index (Phi) is 10.1. The summed E-state index contributed by atoms with van der Waals surface area (Å²) in [4.78, 5) is 0.